The monoisotopic (exact) mass is 440 g/mol. The topological polar surface area (TPSA) is 115 Å². The number of aromatic nitrogens is 3. The first kappa shape index (κ1) is 22.4. The Morgan fingerprint density at radius 2 is 1.97 bits per heavy atom. The number of carbonyl (C=O) groups excluding carboxylic acids is 1. The number of amides is 1. The van der Waals surface area contributed by atoms with Gasteiger partial charge in [-0.05, 0) is 31.0 Å². The number of pyridine rings is 1. The van der Waals surface area contributed by atoms with Gasteiger partial charge in [0.15, 0.2) is 0 Å². The molecule has 1 saturated heterocycles. The Kier molecular flexibility index (Phi) is 7.00. The van der Waals surface area contributed by atoms with Crippen LogP contribution in [0.25, 0.3) is 0 Å². The van der Waals surface area contributed by atoms with Crippen LogP contribution in [0.4, 0.5) is 13.2 Å². The van der Waals surface area contributed by atoms with E-state index < -0.39 is 12.1 Å². The second-order valence-corrected chi connectivity index (χ2v) is 6.72. The summed E-state index contributed by atoms with van der Waals surface area (Å²) in [5.74, 6) is -2.10. The number of ether oxygens (including phenoxy) is 2. The maximum Gasteiger partial charge on any atom is 0.490 e. The third-order valence-corrected chi connectivity index (χ3v) is 4.76. The van der Waals surface area contributed by atoms with Crippen LogP contribution >= 0.6 is 0 Å². The summed E-state index contributed by atoms with van der Waals surface area (Å²) in [7, 11) is 0. The van der Waals surface area contributed by atoms with E-state index in [-0.39, 0.29) is 24.2 Å². The Labute approximate surface area is 174 Å². The lowest BCUT2D eigenvalue weighted by Gasteiger charge is -2.38. The van der Waals surface area contributed by atoms with Crippen LogP contribution in [0.2, 0.25) is 0 Å². The molecule has 0 spiro atoms. The first-order chi connectivity index (χ1) is 14.8. The molecule has 1 amide bonds. The Hall–Kier alpha value is -3.28. The Bertz CT molecular complexity index is 885. The standard InChI is InChI=1S/C17H18N4O3.C2HF3O2/c22-17(13-5-7-19-11-20-13)21-8-9-23-16-14(21)3-4-15(16)24-12-2-1-6-18-10-12;3-2(4,5)1(6)7/h1-2,5-7,10-11,14-16H,3-4,8-9H2;(H,6,7)/t14-,15+,16+;/m0./s1. The highest BCUT2D eigenvalue weighted by Gasteiger charge is 2.46. The van der Waals surface area contributed by atoms with Gasteiger partial charge in [-0.15, -0.1) is 0 Å². The molecule has 1 aliphatic carbocycles. The van der Waals surface area contributed by atoms with Gasteiger partial charge < -0.3 is 19.5 Å². The highest BCUT2D eigenvalue weighted by molar-refractivity contribution is 5.92. The number of rotatable bonds is 3. The van der Waals surface area contributed by atoms with Crippen molar-refractivity contribution in [1.82, 2.24) is 19.9 Å². The van der Waals surface area contributed by atoms with Crippen LogP contribution in [0, 0.1) is 0 Å². The molecule has 1 saturated carbocycles. The normalized spacial score (nSPS) is 22.7. The molecule has 4 rings (SSSR count). The second-order valence-electron chi connectivity index (χ2n) is 6.72. The molecule has 3 heterocycles. The first-order valence-corrected chi connectivity index (χ1v) is 9.32. The van der Waals surface area contributed by atoms with E-state index >= 15 is 0 Å². The molecule has 12 heteroatoms. The molecule has 9 nitrogen and oxygen atoms in total. The zero-order valence-electron chi connectivity index (χ0n) is 16.1. The van der Waals surface area contributed by atoms with Crippen molar-refractivity contribution in [3.8, 4) is 5.75 Å². The molecular formula is C19H19F3N4O5. The van der Waals surface area contributed by atoms with Gasteiger partial charge in [-0.2, -0.15) is 13.2 Å². The average Bonchev–Trinajstić information content (AvgIpc) is 3.17. The minimum atomic E-state index is -5.08. The van der Waals surface area contributed by atoms with Crippen molar-refractivity contribution < 1.29 is 37.3 Å². The smallest absolute Gasteiger partial charge is 0.486 e. The zero-order valence-corrected chi connectivity index (χ0v) is 16.1. The number of hydrogen-bond donors (Lipinski definition) is 1. The highest BCUT2D eigenvalue weighted by Crippen LogP contribution is 2.33. The van der Waals surface area contributed by atoms with Crippen LogP contribution in [-0.2, 0) is 9.53 Å². The SMILES string of the molecule is O=C(O)C(F)(F)F.O=C(c1ccncn1)N1CCO[C@H]2[C@H](Oc3cccnc3)CC[C@@H]21. The summed E-state index contributed by atoms with van der Waals surface area (Å²) in [5, 5.41) is 7.12. The van der Waals surface area contributed by atoms with Crippen molar-refractivity contribution in [2.75, 3.05) is 13.2 Å². The van der Waals surface area contributed by atoms with E-state index in [9.17, 15) is 18.0 Å². The predicted molar refractivity (Wildman–Crippen MR) is 98.2 cm³/mol. The van der Waals surface area contributed by atoms with Crippen molar-refractivity contribution in [2.24, 2.45) is 0 Å². The van der Waals surface area contributed by atoms with E-state index in [1.807, 2.05) is 17.0 Å². The maximum atomic E-state index is 12.7. The fourth-order valence-corrected chi connectivity index (χ4v) is 3.45. The number of carboxylic acid groups (broad SMARTS) is 1. The second kappa shape index (κ2) is 9.69. The number of fused-ring (bicyclic) bond motifs is 1. The minimum absolute atomic E-state index is 0.0166. The molecule has 2 aliphatic rings. The fourth-order valence-electron chi connectivity index (χ4n) is 3.45. The Balaban J connectivity index is 0.000000339. The van der Waals surface area contributed by atoms with Gasteiger partial charge in [0, 0.05) is 18.9 Å². The van der Waals surface area contributed by atoms with E-state index in [4.69, 9.17) is 19.4 Å². The zero-order chi connectivity index (χ0) is 22.4. The molecule has 3 atom stereocenters. The molecule has 31 heavy (non-hydrogen) atoms. The minimum Gasteiger partial charge on any atom is -0.486 e. The lowest BCUT2D eigenvalue weighted by molar-refractivity contribution is -0.192. The summed E-state index contributed by atoms with van der Waals surface area (Å²) in [6, 6.07) is 5.38. The predicted octanol–water partition coefficient (Wildman–Crippen LogP) is 1.96. The summed E-state index contributed by atoms with van der Waals surface area (Å²) in [5.41, 5.74) is 0.419. The number of aliphatic carboxylic acids is 1. The number of hydrogen-bond acceptors (Lipinski definition) is 7. The number of alkyl halides is 3. The number of carbonyl (C=O) groups is 2. The van der Waals surface area contributed by atoms with Crippen molar-refractivity contribution in [2.45, 2.75) is 37.3 Å². The van der Waals surface area contributed by atoms with Crippen LogP contribution < -0.4 is 4.74 Å². The maximum absolute atomic E-state index is 12.7. The fraction of sp³-hybridized carbons (Fsp3) is 0.421. The van der Waals surface area contributed by atoms with Crippen molar-refractivity contribution in [3.63, 3.8) is 0 Å². The summed E-state index contributed by atoms with van der Waals surface area (Å²) < 4.78 is 43.7. The van der Waals surface area contributed by atoms with E-state index in [1.54, 1.807) is 24.7 Å². The van der Waals surface area contributed by atoms with Gasteiger partial charge in [0.25, 0.3) is 5.91 Å². The van der Waals surface area contributed by atoms with Gasteiger partial charge in [0.1, 0.15) is 30.0 Å². The van der Waals surface area contributed by atoms with Crippen LogP contribution in [0.1, 0.15) is 23.3 Å². The van der Waals surface area contributed by atoms with Gasteiger partial charge >= 0.3 is 12.1 Å². The van der Waals surface area contributed by atoms with Gasteiger partial charge in [-0.25, -0.2) is 14.8 Å². The lowest BCUT2D eigenvalue weighted by Crippen LogP contribution is -2.54. The van der Waals surface area contributed by atoms with Crippen molar-refractivity contribution in [3.05, 3.63) is 48.8 Å². The Morgan fingerprint density at radius 1 is 1.19 bits per heavy atom. The van der Waals surface area contributed by atoms with Crippen molar-refractivity contribution >= 4 is 11.9 Å². The molecule has 0 unspecified atom stereocenters. The third kappa shape index (κ3) is 5.66. The molecule has 2 fully saturated rings. The third-order valence-electron chi connectivity index (χ3n) is 4.76. The average molecular weight is 440 g/mol. The van der Waals surface area contributed by atoms with Crippen LogP contribution in [0.15, 0.2) is 43.1 Å². The van der Waals surface area contributed by atoms with Crippen LogP contribution in [0.5, 0.6) is 5.75 Å². The summed E-state index contributed by atoms with van der Waals surface area (Å²) in [6.07, 6.45) is 2.81. The molecule has 0 aromatic carbocycles. The summed E-state index contributed by atoms with van der Waals surface area (Å²) in [6.45, 7) is 1.08. The molecule has 1 N–H and O–H groups in total. The van der Waals surface area contributed by atoms with Gasteiger partial charge in [0.2, 0.25) is 0 Å². The van der Waals surface area contributed by atoms with Crippen LogP contribution in [-0.4, -0.2) is 74.4 Å². The highest BCUT2D eigenvalue weighted by atomic mass is 19.4. The van der Waals surface area contributed by atoms with Crippen LogP contribution in [0.3, 0.4) is 0 Å². The lowest BCUT2D eigenvalue weighted by atomic mass is 10.1. The first-order valence-electron chi connectivity index (χ1n) is 9.32. The molecular weight excluding hydrogens is 421 g/mol. The number of halogens is 3. The van der Waals surface area contributed by atoms with E-state index in [2.05, 4.69) is 15.0 Å². The molecule has 166 valence electrons. The quantitative estimate of drug-likeness (QED) is 0.770. The van der Waals surface area contributed by atoms with E-state index in [0.29, 0.717) is 18.8 Å². The van der Waals surface area contributed by atoms with Crippen molar-refractivity contribution in [1.29, 1.82) is 0 Å². The largest absolute Gasteiger partial charge is 0.490 e. The molecule has 0 bridgehead atoms. The molecule has 0 radical (unpaired) electrons. The summed E-state index contributed by atoms with van der Waals surface area (Å²) in [4.78, 5) is 35.5. The Morgan fingerprint density at radius 3 is 2.58 bits per heavy atom. The number of carboxylic acids is 1. The van der Waals surface area contributed by atoms with E-state index in [1.165, 1.54) is 6.33 Å². The van der Waals surface area contributed by atoms with Gasteiger partial charge in [-0.1, -0.05) is 0 Å². The number of nitrogens with zero attached hydrogens (tertiary/aromatic N) is 4. The molecule has 1 aliphatic heterocycles. The van der Waals surface area contributed by atoms with Gasteiger partial charge in [-0.3, -0.25) is 9.78 Å². The van der Waals surface area contributed by atoms with E-state index in [0.717, 1.165) is 18.6 Å². The van der Waals surface area contributed by atoms with Gasteiger partial charge in [0.05, 0.1) is 18.8 Å². The molecule has 2 aromatic rings. The summed E-state index contributed by atoms with van der Waals surface area (Å²) >= 11 is 0. The number of morpholine rings is 1. The molecule has 2 aromatic heterocycles.